The highest BCUT2D eigenvalue weighted by molar-refractivity contribution is 9.10. The van der Waals surface area contributed by atoms with Gasteiger partial charge >= 0.3 is 12.1 Å². The third kappa shape index (κ3) is 4.32. The number of hydrogen-bond acceptors (Lipinski definition) is 4. The standard InChI is InChI=1S/C15H14BrFN2O4/c1-2-22-14(20)13-12(17)11(16)8-19(13)18-15(21)23-9-10-6-4-3-5-7-10/h3-8H,2,9H2,1H3,(H,18,21). The maximum absolute atomic E-state index is 13.9. The van der Waals surface area contributed by atoms with Gasteiger partial charge in [-0.05, 0) is 28.4 Å². The number of amides is 1. The molecule has 6 nitrogen and oxygen atoms in total. The Morgan fingerprint density at radius 1 is 1.26 bits per heavy atom. The number of ether oxygens (including phenoxy) is 2. The first-order chi connectivity index (χ1) is 11.0. The zero-order valence-corrected chi connectivity index (χ0v) is 13.8. The van der Waals surface area contributed by atoms with E-state index in [-0.39, 0.29) is 17.7 Å². The summed E-state index contributed by atoms with van der Waals surface area (Å²) in [5, 5.41) is 0. The molecule has 2 aromatic rings. The minimum atomic E-state index is -0.890. The second kappa shape index (κ2) is 7.77. The molecule has 0 unspecified atom stereocenters. The molecule has 0 aliphatic heterocycles. The van der Waals surface area contributed by atoms with Crippen LogP contribution in [0.2, 0.25) is 0 Å². The number of benzene rings is 1. The predicted octanol–water partition coefficient (Wildman–Crippen LogP) is 3.45. The molecule has 0 fully saturated rings. The van der Waals surface area contributed by atoms with Gasteiger partial charge in [0.05, 0.1) is 11.1 Å². The fraction of sp³-hybridized carbons (Fsp3) is 0.200. The van der Waals surface area contributed by atoms with E-state index in [1.54, 1.807) is 19.1 Å². The Kier molecular flexibility index (Phi) is 5.75. The van der Waals surface area contributed by atoms with Crippen molar-refractivity contribution < 1.29 is 23.5 Å². The van der Waals surface area contributed by atoms with Crippen LogP contribution in [-0.2, 0) is 16.1 Å². The van der Waals surface area contributed by atoms with E-state index in [0.29, 0.717) is 0 Å². The van der Waals surface area contributed by atoms with E-state index in [1.165, 1.54) is 6.20 Å². The van der Waals surface area contributed by atoms with Gasteiger partial charge in [0.2, 0.25) is 0 Å². The molecule has 1 aromatic heterocycles. The fourth-order valence-electron chi connectivity index (χ4n) is 1.78. The monoisotopic (exact) mass is 384 g/mol. The number of carbonyl (C=O) groups excluding carboxylic acids is 2. The van der Waals surface area contributed by atoms with Crippen molar-refractivity contribution in [2.75, 3.05) is 12.0 Å². The molecule has 23 heavy (non-hydrogen) atoms. The molecular formula is C15H14BrFN2O4. The summed E-state index contributed by atoms with van der Waals surface area (Å²) in [6, 6.07) is 9.06. The van der Waals surface area contributed by atoms with Crippen molar-refractivity contribution in [3.8, 4) is 0 Å². The van der Waals surface area contributed by atoms with E-state index in [1.807, 2.05) is 18.2 Å². The zero-order valence-electron chi connectivity index (χ0n) is 12.2. The van der Waals surface area contributed by atoms with Crippen LogP contribution in [0.15, 0.2) is 41.0 Å². The Labute approximate surface area is 140 Å². The molecule has 0 aliphatic rings. The molecule has 122 valence electrons. The summed E-state index contributed by atoms with van der Waals surface area (Å²) in [7, 11) is 0. The molecule has 1 heterocycles. The highest BCUT2D eigenvalue weighted by Gasteiger charge is 2.23. The topological polar surface area (TPSA) is 69.6 Å². The lowest BCUT2D eigenvalue weighted by Gasteiger charge is -2.10. The number of rotatable bonds is 5. The van der Waals surface area contributed by atoms with Gasteiger partial charge in [0.25, 0.3) is 0 Å². The Balaban J connectivity index is 2.06. The van der Waals surface area contributed by atoms with Crippen LogP contribution in [0.25, 0.3) is 0 Å². The average Bonchev–Trinajstić information content (AvgIpc) is 2.81. The summed E-state index contributed by atoms with van der Waals surface area (Å²) in [6.07, 6.45) is 0.368. The third-order valence-corrected chi connectivity index (χ3v) is 3.35. The molecule has 0 bridgehead atoms. The van der Waals surface area contributed by atoms with E-state index in [0.717, 1.165) is 10.2 Å². The summed E-state index contributed by atoms with van der Waals surface area (Å²) >= 11 is 2.96. The number of nitrogens with one attached hydrogen (secondary N) is 1. The van der Waals surface area contributed by atoms with Crippen LogP contribution in [0.4, 0.5) is 9.18 Å². The zero-order chi connectivity index (χ0) is 16.8. The summed E-state index contributed by atoms with van der Waals surface area (Å²) in [4.78, 5) is 23.6. The van der Waals surface area contributed by atoms with Crippen LogP contribution in [0.1, 0.15) is 23.0 Å². The number of aromatic nitrogens is 1. The largest absolute Gasteiger partial charge is 0.461 e. The number of hydrogen-bond donors (Lipinski definition) is 1. The minimum absolute atomic E-state index is 0.0175. The van der Waals surface area contributed by atoms with Crippen molar-refractivity contribution in [2.24, 2.45) is 0 Å². The van der Waals surface area contributed by atoms with Crippen molar-refractivity contribution in [2.45, 2.75) is 13.5 Å². The number of nitrogens with zero attached hydrogens (tertiary/aromatic N) is 1. The number of halogens is 2. The Morgan fingerprint density at radius 3 is 2.61 bits per heavy atom. The first-order valence-corrected chi connectivity index (χ1v) is 7.53. The van der Waals surface area contributed by atoms with Crippen molar-refractivity contribution in [3.05, 3.63) is 58.1 Å². The van der Waals surface area contributed by atoms with Gasteiger partial charge in [-0.25, -0.2) is 24.1 Å². The van der Waals surface area contributed by atoms with Crippen molar-refractivity contribution in [1.29, 1.82) is 0 Å². The normalized spacial score (nSPS) is 10.2. The van der Waals surface area contributed by atoms with E-state index in [2.05, 4.69) is 21.4 Å². The maximum atomic E-state index is 13.9. The quantitative estimate of drug-likeness (QED) is 0.801. The average molecular weight is 385 g/mol. The molecule has 1 N–H and O–H groups in total. The van der Waals surface area contributed by atoms with Crippen molar-refractivity contribution >= 4 is 28.0 Å². The molecule has 2 rings (SSSR count). The second-order valence-corrected chi connectivity index (χ2v) is 5.26. The van der Waals surface area contributed by atoms with Crippen LogP contribution in [0.3, 0.4) is 0 Å². The minimum Gasteiger partial charge on any atom is -0.461 e. The van der Waals surface area contributed by atoms with Gasteiger partial charge in [-0.3, -0.25) is 0 Å². The van der Waals surface area contributed by atoms with Crippen LogP contribution in [0, 0.1) is 5.82 Å². The van der Waals surface area contributed by atoms with Gasteiger partial charge in [-0.2, -0.15) is 0 Å². The van der Waals surface area contributed by atoms with Crippen molar-refractivity contribution in [1.82, 2.24) is 4.68 Å². The molecule has 0 atom stereocenters. The third-order valence-electron chi connectivity index (χ3n) is 2.79. The van der Waals surface area contributed by atoms with Crippen LogP contribution in [0.5, 0.6) is 0 Å². The van der Waals surface area contributed by atoms with E-state index in [9.17, 15) is 14.0 Å². The van der Waals surface area contributed by atoms with Gasteiger partial charge in [-0.1, -0.05) is 30.3 Å². The summed E-state index contributed by atoms with van der Waals surface area (Å²) in [5.41, 5.74) is 2.64. The molecule has 0 radical (unpaired) electrons. The Morgan fingerprint density at radius 2 is 1.96 bits per heavy atom. The highest BCUT2D eigenvalue weighted by atomic mass is 79.9. The fourth-order valence-corrected chi connectivity index (χ4v) is 2.18. The molecule has 1 amide bonds. The lowest BCUT2D eigenvalue weighted by atomic mass is 10.2. The lowest BCUT2D eigenvalue weighted by molar-refractivity contribution is 0.0510. The summed E-state index contributed by atoms with van der Waals surface area (Å²) < 4.78 is 24.7. The SMILES string of the molecule is CCOC(=O)c1c(F)c(Br)cn1NC(=O)OCc1ccccc1. The van der Waals surface area contributed by atoms with Gasteiger partial charge < -0.3 is 9.47 Å². The Bertz CT molecular complexity index is 703. The van der Waals surface area contributed by atoms with Crippen LogP contribution < -0.4 is 5.43 Å². The first kappa shape index (κ1) is 17.0. The molecule has 8 heteroatoms. The molecule has 1 aromatic carbocycles. The van der Waals surface area contributed by atoms with Gasteiger partial charge in [-0.15, -0.1) is 0 Å². The van der Waals surface area contributed by atoms with E-state index < -0.39 is 23.6 Å². The second-order valence-electron chi connectivity index (χ2n) is 4.40. The molecule has 0 aliphatic carbocycles. The molecule has 0 saturated heterocycles. The van der Waals surface area contributed by atoms with E-state index in [4.69, 9.17) is 9.47 Å². The van der Waals surface area contributed by atoms with Crippen LogP contribution >= 0.6 is 15.9 Å². The van der Waals surface area contributed by atoms with E-state index >= 15 is 0 Å². The summed E-state index contributed by atoms with van der Waals surface area (Å²) in [6.45, 7) is 1.73. The molecular weight excluding hydrogens is 371 g/mol. The van der Waals surface area contributed by atoms with Crippen molar-refractivity contribution in [3.63, 3.8) is 0 Å². The van der Waals surface area contributed by atoms with Crippen LogP contribution in [-0.4, -0.2) is 23.3 Å². The maximum Gasteiger partial charge on any atom is 0.426 e. The number of carbonyl (C=O) groups is 2. The van der Waals surface area contributed by atoms with Gasteiger partial charge in [0.15, 0.2) is 11.5 Å². The lowest BCUT2D eigenvalue weighted by Crippen LogP contribution is -2.27. The predicted molar refractivity (Wildman–Crippen MR) is 84.0 cm³/mol. The van der Waals surface area contributed by atoms with Gasteiger partial charge in [0.1, 0.15) is 6.61 Å². The molecule has 0 saturated carbocycles. The first-order valence-electron chi connectivity index (χ1n) is 6.74. The highest BCUT2D eigenvalue weighted by Crippen LogP contribution is 2.21. The number of esters is 1. The smallest absolute Gasteiger partial charge is 0.426 e. The Hall–Kier alpha value is -2.35. The summed E-state index contributed by atoms with van der Waals surface area (Å²) in [5.74, 6) is -1.72. The molecule has 0 spiro atoms. The van der Waals surface area contributed by atoms with Gasteiger partial charge in [0, 0.05) is 6.20 Å².